The maximum absolute atomic E-state index is 12.6. The smallest absolute Gasteiger partial charge is 0.257 e. The van der Waals surface area contributed by atoms with Gasteiger partial charge in [-0.3, -0.25) is 4.79 Å². The van der Waals surface area contributed by atoms with Crippen LogP contribution in [0.25, 0.3) is 0 Å². The fourth-order valence-corrected chi connectivity index (χ4v) is 2.80. The molecule has 1 aliphatic rings. The highest BCUT2D eigenvalue weighted by Gasteiger charge is 2.25. The molecule has 21 heavy (non-hydrogen) atoms. The van der Waals surface area contributed by atoms with E-state index in [9.17, 15) is 4.79 Å². The van der Waals surface area contributed by atoms with Crippen molar-refractivity contribution in [3.05, 3.63) is 28.2 Å². The van der Waals surface area contributed by atoms with Crippen molar-refractivity contribution in [3.8, 4) is 5.75 Å². The van der Waals surface area contributed by atoms with Crippen LogP contribution >= 0.6 is 15.9 Å². The Labute approximate surface area is 133 Å². The molecule has 2 rings (SSSR count). The van der Waals surface area contributed by atoms with Crippen molar-refractivity contribution in [2.24, 2.45) is 0 Å². The van der Waals surface area contributed by atoms with Gasteiger partial charge in [0.25, 0.3) is 5.91 Å². The first-order chi connectivity index (χ1) is 10.2. The third-order valence-corrected chi connectivity index (χ3v) is 4.06. The standard InChI is InChI=1S/C15H20BrNO4/c1-20-14-10-11(16)2-3-13(14)15(19)17-6-4-12(5-7-17)21-9-8-18/h2-3,10,12,18H,4-9H2,1H3. The topological polar surface area (TPSA) is 59.0 Å². The molecule has 0 bridgehead atoms. The number of carbonyl (C=O) groups excluding carboxylic acids is 1. The zero-order valence-electron chi connectivity index (χ0n) is 12.0. The highest BCUT2D eigenvalue weighted by Crippen LogP contribution is 2.26. The van der Waals surface area contributed by atoms with Crippen molar-refractivity contribution in [2.45, 2.75) is 18.9 Å². The Bertz CT molecular complexity index is 487. The van der Waals surface area contributed by atoms with Crippen molar-refractivity contribution in [3.63, 3.8) is 0 Å². The van der Waals surface area contributed by atoms with Crippen LogP contribution in [-0.4, -0.2) is 55.4 Å². The van der Waals surface area contributed by atoms with E-state index in [0.717, 1.165) is 17.3 Å². The Morgan fingerprint density at radius 1 is 1.43 bits per heavy atom. The Kier molecular flexibility index (Phi) is 6.02. The summed E-state index contributed by atoms with van der Waals surface area (Å²) in [6.07, 6.45) is 1.72. The number of rotatable bonds is 5. The summed E-state index contributed by atoms with van der Waals surface area (Å²) in [5.41, 5.74) is 0.579. The first-order valence-electron chi connectivity index (χ1n) is 7.01. The minimum absolute atomic E-state index is 0.0139. The Balaban J connectivity index is 1.99. The maximum Gasteiger partial charge on any atom is 0.257 e. The van der Waals surface area contributed by atoms with Gasteiger partial charge < -0.3 is 19.5 Å². The van der Waals surface area contributed by atoms with Gasteiger partial charge in [-0.2, -0.15) is 0 Å². The molecule has 1 N–H and O–H groups in total. The molecule has 116 valence electrons. The molecule has 1 amide bonds. The summed E-state index contributed by atoms with van der Waals surface area (Å²) in [4.78, 5) is 14.4. The van der Waals surface area contributed by atoms with E-state index < -0.39 is 0 Å². The van der Waals surface area contributed by atoms with Gasteiger partial charge in [-0.25, -0.2) is 0 Å². The second kappa shape index (κ2) is 7.77. The number of halogens is 1. The average molecular weight is 358 g/mol. The Morgan fingerprint density at radius 2 is 2.14 bits per heavy atom. The van der Waals surface area contributed by atoms with Crippen molar-refractivity contribution in [1.29, 1.82) is 0 Å². The lowest BCUT2D eigenvalue weighted by atomic mass is 10.1. The van der Waals surface area contributed by atoms with E-state index >= 15 is 0 Å². The summed E-state index contributed by atoms with van der Waals surface area (Å²) in [7, 11) is 1.56. The lowest BCUT2D eigenvalue weighted by Crippen LogP contribution is -2.41. The number of ether oxygens (including phenoxy) is 2. The number of aliphatic hydroxyl groups is 1. The Morgan fingerprint density at radius 3 is 2.76 bits per heavy atom. The molecule has 1 aliphatic heterocycles. The zero-order chi connectivity index (χ0) is 15.2. The molecule has 6 heteroatoms. The molecule has 1 saturated heterocycles. The molecule has 1 aromatic carbocycles. The largest absolute Gasteiger partial charge is 0.496 e. The quantitative estimate of drug-likeness (QED) is 0.876. The van der Waals surface area contributed by atoms with Crippen LogP contribution in [0.5, 0.6) is 5.75 Å². The fourth-order valence-electron chi connectivity index (χ4n) is 2.46. The van der Waals surface area contributed by atoms with E-state index in [1.165, 1.54) is 0 Å². The second-order valence-electron chi connectivity index (χ2n) is 4.93. The molecule has 0 atom stereocenters. The number of methoxy groups -OCH3 is 1. The van der Waals surface area contributed by atoms with Gasteiger partial charge >= 0.3 is 0 Å². The van der Waals surface area contributed by atoms with Crippen molar-refractivity contribution < 1.29 is 19.4 Å². The van der Waals surface area contributed by atoms with Gasteiger partial charge in [-0.15, -0.1) is 0 Å². The van der Waals surface area contributed by atoms with E-state index in [1.54, 1.807) is 19.2 Å². The van der Waals surface area contributed by atoms with Crippen LogP contribution in [0.2, 0.25) is 0 Å². The van der Waals surface area contributed by atoms with Crippen molar-refractivity contribution in [1.82, 2.24) is 4.90 Å². The lowest BCUT2D eigenvalue weighted by molar-refractivity contribution is -0.00558. The zero-order valence-corrected chi connectivity index (χ0v) is 13.6. The molecular weight excluding hydrogens is 338 g/mol. The number of benzene rings is 1. The van der Waals surface area contributed by atoms with Crippen LogP contribution in [0.1, 0.15) is 23.2 Å². The predicted octanol–water partition coefficient (Wildman–Crippen LogP) is 2.07. The fraction of sp³-hybridized carbons (Fsp3) is 0.533. The van der Waals surface area contributed by atoms with E-state index in [4.69, 9.17) is 14.6 Å². The normalized spacial score (nSPS) is 16.0. The molecule has 0 unspecified atom stereocenters. The maximum atomic E-state index is 12.6. The number of nitrogens with zero attached hydrogens (tertiary/aromatic N) is 1. The number of piperidine rings is 1. The number of aliphatic hydroxyl groups excluding tert-OH is 1. The van der Waals surface area contributed by atoms with Crippen molar-refractivity contribution >= 4 is 21.8 Å². The van der Waals surface area contributed by atoms with Gasteiger partial charge in [0.1, 0.15) is 5.75 Å². The number of likely N-dealkylation sites (tertiary alicyclic amines) is 1. The van der Waals surface area contributed by atoms with Gasteiger partial charge in [-0.1, -0.05) is 15.9 Å². The van der Waals surface area contributed by atoms with Gasteiger partial charge in [0, 0.05) is 17.6 Å². The molecule has 0 saturated carbocycles. The summed E-state index contributed by atoms with van der Waals surface area (Å²) in [6, 6.07) is 5.41. The molecule has 1 fully saturated rings. The molecule has 0 radical (unpaired) electrons. The van der Waals surface area contributed by atoms with Crippen molar-refractivity contribution in [2.75, 3.05) is 33.4 Å². The predicted molar refractivity (Wildman–Crippen MR) is 82.7 cm³/mol. The summed E-state index contributed by atoms with van der Waals surface area (Å²) in [6.45, 7) is 1.72. The highest BCUT2D eigenvalue weighted by atomic mass is 79.9. The number of carbonyl (C=O) groups is 1. The van der Waals surface area contributed by atoms with Gasteiger partial charge in [0.05, 0.1) is 32.0 Å². The number of amides is 1. The third kappa shape index (κ3) is 4.18. The van der Waals surface area contributed by atoms with Crippen LogP contribution in [-0.2, 0) is 4.74 Å². The first-order valence-corrected chi connectivity index (χ1v) is 7.80. The Hall–Kier alpha value is -1.11. The van der Waals surface area contributed by atoms with Crippen LogP contribution in [0.15, 0.2) is 22.7 Å². The molecule has 0 aliphatic carbocycles. The van der Waals surface area contributed by atoms with Crippen LogP contribution in [0.3, 0.4) is 0 Å². The molecule has 0 spiro atoms. The number of hydrogen-bond donors (Lipinski definition) is 1. The summed E-state index contributed by atoms with van der Waals surface area (Å²) < 4.78 is 11.7. The van der Waals surface area contributed by atoms with E-state index in [2.05, 4.69) is 15.9 Å². The minimum atomic E-state index is -0.0139. The molecule has 5 nitrogen and oxygen atoms in total. The lowest BCUT2D eigenvalue weighted by Gasteiger charge is -2.32. The van der Waals surface area contributed by atoms with Crippen LogP contribution < -0.4 is 4.74 Å². The summed E-state index contributed by atoms with van der Waals surface area (Å²) in [5.74, 6) is 0.563. The van der Waals surface area contributed by atoms with Gasteiger partial charge in [-0.05, 0) is 31.0 Å². The second-order valence-corrected chi connectivity index (χ2v) is 5.85. The highest BCUT2D eigenvalue weighted by molar-refractivity contribution is 9.10. The van der Waals surface area contributed by atoms with Gasteiger partial charge in [0.15, 0.2) is 0 Å². The molecule has 1 aromatic rings. The average Bonchev–Trinajstić information content (AvgIpc) is 2.52. The van der Waals surface area contributed by atoms with Gasteiger partial charge in [0.2, 0.25) is 0 Å². The third-order valence-electron chi connectivity index (χ3n) is 3.57. The first kappa shape index (κ1) is 16.3. The summed E-state index contributed by atoms with van der Waals surface area (Å²) >= 11 is 3.37. The monoisotopic (exact) mass is 357 g/mol. The molecular formula is C15H20BrNO4. The van der Waals surface area contributed by atoms with Crippen LogP contribution in [0.4, 0.5) is 0 Å². The summed E-state index contributed by atoms with van der Waals surface area (Å²) in [5, 5.41) is 8.76. The molecule has 1 heterocycles. The SMILES string of the molecule is COc1cc(Br)ccc1C(=O)N1CCC(OCCO)CC1. The van der Waals surface area contributed by atoms with E-state index in [-0.39, 0.29) is 18.6 Å². The number of hydrogen-bond acceptors (Lipinski definition) is 4. The minimum Gasteiger partial charge on any atom is -0.496 e. The van der Waals surface area contributed by atoms with E-state index in [1.807, 2.05) is 11.0 Å². The van der Waals surface area contributed by atoms with Crippen LogP contribution in [0, 0.1) is 0 Å². The van der Waals surface area contributed by atoms with E-state index in [0.29, 0.717) is 31.0 Å². The molecule has 0 aromatic heterocycles.